The minimum atomic E-state index is -1.58. The van der Waals surface area contributed by atoms with Crippen LogP contribution in [0.4, 0.5) is 4.79 Å². The molecule has 2 aromatic rings. The van der Waals surface area contributed by atoms with Gasteiger partial charge in [-0.05, 0) is 35.8 Å². The molecule has 3 rings (SSSR count). The van der Waals surface area contributed by atoms with Crippen molar-refractivity contribution in [3.8, 4) is 11.1 Å². The third-order valence-corrected chi connectivity index (χ3v) is 10.8. The summed E-state index contributed by atoms with van der Waals surface area (Å²) in [5.41, 5.74) is 4.62. The Morgan fingerprint density at radius 3 is 1.02 bits per heavy atom. The minimum Gasteiger partial charge on any atom is -0.481 e. The predicted octanol–water partition coefficient (Wildman–Crippen LogP) is -0.888. The van der Waals surface area contributed by atoms with Crippen molar-refractivity contribution >= 4 is 101 Å². The molecule has 0 bridgehead atoms. The maximum atomic E-state index is 12.1. The second-order valence-electron chi connectivity index (χ2n) is 18.8. The number of aliphatic carboxylic acids is 5. The number of nitrogens with one attached hydrogen (secondary N) is 12. The molecule has 2 aromatic carbocycles. The van der Waals surface area contributed by atoms with Gasteiger partial charge in [0, 0.05) is 40.5 Å². The van der Waals surface area contributed by atoms with Crippen LogP contribution in [0.1, 0.15) is 139 Å². The Kier molecular flexibility index (Phi) is 50.4. The number of rotatable bonds is 29. The number of alkyl carbamates (subject to hydrolysis) is 1. The normalized spacial score (nSPS) is 11.7. The molecule has 0 saturated carbocycles. The van der Waals surface area contributed by atoms with E-state index in [-0.39, 0.29) is 38.3 Å². The van der Waals surface area contributed by atoms with E-state index in [2.05, 4.69) is 73.8 Å². The number of carboxylic acid groups (broad SMARTS) is 5. The van der Waals surface area contributed by atoms with Gasteiger partial charge in [-0.25, -0.2) is 4.79 Å². The van der Waals surface area contributed by atoms with Crippen molar-refractivity contribution in [2.24, 2.45) is 0 Å². The Morgan fingerprint density at radius 2 is 0.723 bits per heavy atom. The summed E-state index contributed by atoms with van der Waals surface area (Å²) in [5, 5.41) is 70.6. The van der Waals surface area contributed by atoms with E-state index in [9.17, 15) is 81.5 Å². The molecule has 17 N–H and O–H groups in total. The zero-order valence-corrected chi connectivity index (χ0v) is 54.9. The molecular weight excluding hydrogens is 1240 g/mol. The predicted molar refractivity (Wildman–Crippen MR) is 336 cm³/mol. The third-order valence-electron chi connectivity index (χ3n) is 10.8. The molecule has 5 atom stereocenters. The highest BCUT2D eigenvalue weighted by atomic mass is 16.5. The zero-order chi connectivity index (χ0) is 73.2. The number of hydrogen-bond donors (Lipinski definition) is 17. The van der Waals surface area contributed by atoms with Gasteiger partial charge in [-0.15, -0.1) is 0 Å². The fourth-order valence-corrected chi connectivity index (χ4v) is 7.19. The number of benzene rings is 2. The smallest absolute Gasteiger partial charge is 0.413 e. The fraction of sp³-hybridized carbons (Fsp3) is 0.508. The van der Waals surface area contributed by atoms with E-state index in [0.29, 0.717) is 6.54 Å². The standard InChI is InChI=1S/C18H18N2O3.C13H20N4O8.C12H19N3O7.C9H15N3O5.C3H8.2C2H6/c1-19-10-17(21)20-18(22)23-11-16-14-8-4-2-6-12(14)13-7-3-5-9-15(13)16;1-6(18)14-5-15-8(3-10(20)21)12(24)17-9(4-11(22)23)13(25)16-7(2)19;1-3-13-7(4-9(17)18)11(21)15-8(5-10(19)20)12(22)14-6(2)16;1-5(13)10-4-11-7(3-8(15)16)9(17)12-6(2)14;1-3-2;2*1-2/h2-9,16,19H,10-11H2,1H3,(H,20,21,22);8-9,15H,3-5H2,1-2H3,(H,14,18)(H,17,24)(H,20,21)(H,22,23)(H,16,19,25);7-8,13H,3-5H2,1-2H3,(H,15,21)(H,17,18)(H,19,20)(H,14,16,22);7,11H,3-4H2,1-2H3,(H,10,13)(H,15,16)(H,12,14,17);3H2,1-2H3;2*1-2H3/t;8-,9-;7-,8-;7-;;;/m.000.../s1. The fourth-order valence-electron chi connectivity index (χ4n) is 7.19. The average molecular weight is 1340 g/mol. The largest absolute Gasteiger partial charge is 0.481 e. The number of likely N-dealkylation sites (N-methyl/N-ethyl adjacent to an activating group) is 2. The van der Waals surface area contributed by atoms with Gasteiger partial charge >= 0.3 is 35.9 Å². The summed E-state index contributed by atoms with van der Waals surface area (Å²) in [5.74, 6) is -14.3. The number of amides is 12. The highest BCUT2D eigenvalue weighted by Gasteiger charge is 2.32. The molecule has 35 heteroatoms. The summed E-state index contributed by atoms with van der Waals surface area (Å²) in [7, 11) is 1.64. The van der Waals surface area contributed by atoms with Crippen molar-refractivity contribution < 1.29 is 112 Å². The highest BCUT2D eigenvalue weighted by molar-refractivity contribution is 6.02. The summed E-state index contributed by atoms with van der Waals surface area (Å²) in [6, 6.07) is 9.61. The zero-order valence-electron chi connectivity index (χ0n) is 54.9. The van der Waals surface area contributed by atoms with Crippen molar-refractivity contribution in [3.05, 3.63) is 59.7 Å². The van der Waals surface area contributed by atoms with Crippen LogP contribution in [0.2, 0.25) is 0 Å². The van der Waals surface area contributed by atoms with Crippen molar-refractivity contribution in [1.82, 2.24) is 63.8 Å². The molecule has 0 radical (unpaired) electrons. The average Bonchev–Trinajstić information content (AvgIpc) is 1.62. The first-order chi connectivity index (χ1) is 44.1. The van der Waals surface area contributed by atoms with Gasteiger partial charge in [0.25, 0.3) is 0 Å². The minimum absolute atomic E-state index is 0.00690. The summed E-state index contributed by atoms with van der Waals surface area (Å²) < 4.78 is 5.26. The van der Waals surface area contributed by atoms with Gasteiger partial charge in [-0.3, -0.25) is 109 Å². The summed E-state index contributed by atoms with van der Waals surface area (Å²) >= 11 is 0. The molecule has 1 aliphatic carbocycles. The Morgan fingerprint density at radius 1 is 0.426 bits per heavy atom. The molecule has 35 nitrogen and oxygen atoms in total. The van der Waals surface area contributed by atoms with Crippen LogP contribution in [0.3, 0.4) is 0 Å². The monoisotopic (exact) mass is 1340 g/mol. The van der Waals surface area contributed by atoms with E-state index in [1.54, 1.807) is 14.0 Å². The summed E-state index contributed by atoms with van der Waals surface area (Å²) in [6.45, 7) is 19.9. The number of ether oxygens (including phenoxy) is 1. The van der Waals surface area contributed by atoms with Crippen LogP contribution >= 0.6 is 0 Å². The van der Waals surface area contributed by atoms with E-state index < -0.39 is 157 Å². The van der Waals surface area contributed by atoms with Crippen molar-refractivity contribution in [2.45, 2.75) is 158 Å². The van der Waals surface area contributed by atoms with Crippen molar-refractivity contribution in [2.75, 3.05) is 40.1 Å². The lowest BCUT2D eigenvalue weighted by Gasteiger charge is -2.21. The van der Waals surface area contributed by atoms with E-state index >= 15 is 0 Å². The highest BCUT2D eigenvalue weighted by Crippen LogP contribution is 2.44. The maximum Gasteiger partial charge on any atom is 0.413 e. The van der Waals surface area contributed by atoms with Gasteiger partial charge in [0.05, 0.1) is 70.1 Å². The van der Waals surface area contributed by atoms with E-state index in [1.165, 1.54) is 31.4 Å². The van der Waals surface area contributed by atoms with Gasteiger partial charge in [0.2, 0.25) is 65.0 Å². The van der Waals surface area contributed by atoms with Crippen LogP contribution in [-0.4, -0.2) is 197 Å². The molecule has 0 fully saturated rings. The Hall–Kier alpha value is -10.1. The molecule has 0 heterocycles. The molecule has 0 unspecified atom stereocenters. The first kappa shape index (κ1) is 90.3. The number of imide groups is 4. The van der Waals surface area contributed by atoms with Crippen LogP contribution in [0.15, 0.2) is 48.5 Å². The molecular formula is C59H92N12O23. The number of hydrogen-bond acceptors (Lipinski definition) is 22. The third kappa shape index (κ3) is 43.6. The molecule has 12 amide bonds. The lowest BCUT2D eigenvalue weighted by Crippen LogP contribution is -2.55. The summed E-state index contributed by atoms with van der Waals surface area (Å²) in [4.78, 5) is 189. The van der Waals surface area contributed by atoms with Gasteiger partial charge < -0.3 is 62.2 Å². The van der Waals surface area contributed by atoms with E-state index in [0.717, 1.165) is 31.9 Å². The van der Waals surface area contributed by atoms with Crippen LogP contribution in [-0.2, 0) is 81.4 Å². The van der Waals surface area contributed by atoms with E-state index in [4.69, 9.17) is 30.3 Å². The number of carbonyl (C=O) groups is 17. The SMILES string of the molecule is CC.CC.CC(=O)NCN[C@@H](CC(=O)O)C(=O)NC(C)=O.CC(=O)NCN[C@@H](CC(=O)O)C(=O)N[C@@H](CC(=O)O)C(=O)NC(C)=O.CCC.CCN[C@@H](CC(=O)O)C(=O)N[C@@H](CC(=O)O)C(=O)NC(C)=O.CNCC(=O)NC(=O)OCC1c2ccccc2-c2ccccc21. The quantitative estimate of drug-likeness (QED) is 0.0439. The molecule has 1 aliphatic rings. The van der Waals surface area contributed by atoms with E-state index in [1.807, 2.05) is 80.0 Å². The Balaban J connectivity index is -0.000000559. The Bertz CT molecular complexity index is 2810. The lowest BCUT2D eigenvalue weighted by atomic mass is 9.98. The molecule has 0 saturated heterocycles. The molecule has 94 heavy (non-hydrogen) atoms. The van der Waals surface area contributed by atoms with Gasteiger partial charge in [0.15, 0.2) is 0 Å². The number of fused-ring (bicyclic) bond motifs is 3. The van der Waals surface area contributed by atoms with Crippen LogP contribution in [0, 0.1) is 0 Å². The number of carbonyl (C=O) groups excluding carboxylic acids is 12. The second-order valence-corrected chi connectivity index (χ2v) is 18.8. The first-order valence-corrected chi connectivity index (χ1v) is 29.3. The molecule has 0 aromatic heterocycles. The number of carboxylic acids is 5. The van der Waals surface area contributed by atoms with Crippen LogP contribution in [0.5, 0.6) is 0 Å². The van der Waals surface area contributed by atoms with Crippen LogP contribution < -0.4 is 63.8 Å². The van der Waals surface area contributed by atoms with Crippen LogP contribution in [0.25, 0.3) is 11.1 Å². The van der Waals surface area contributed by atoms with Gasteiger partial charge in [-0.2, -0.15) is 0 Å². The Labute approximate surface area is 543 Å². The second kappa shape index (κ2) is 52.5. The summed E-state index contributed by atoms with van der Waals surface area (Å²) in [6.07, 6.45) is -2.72. The molecule has 526 valence electrons. The van der Waals surface area contributed by atoms with Crippen molar-refractivity contribution in [3.63, 3.8) is 0 Å². The molecule has 0 aliphatic heterocycles. The molecule has 0 spiro atoms. The first-order valence-electron chi connectivity index (χ1n) is 29.3. The maximum absolute atomic E-state index is 12.1. The van der Waals surface area contributed by atoms with Gasteiger partial charge in [0.1, 0.15) is 18.7 Å². The lowest BCUT2D eigenvalue weighted by molar-refractivity contribution is -0.143. The van der Waals surface area contributed by atoms with Gasteiger partial charge in [-0.1, -0.05) is 103 Å². The van der Waals surface area contributed by atoms with Crippen molar-refractivity contribution in [1.29, 1.82) is 0 Å². The topological polar surface area (TPSA) is 545 Å².